The van der Waals surface area contributed by atoms with Crippen molar-refractivity contribution in [1.29, 1.82) is 0 Å². The summed E-state index contributed by atoms with van der Waals surface area (Å²) in [4.78, 5) is 24.3. The van der Waals surface area contributed by atoms with Crippen LogP contribution in [0.2, 0.25) is 0 Å². The Kier molecular flexibility index (Phi) is 6.10. The lowest BCUT2D eigenvalue weighted by Gasteiger charge is -2.34. The van der Waals surface area contributed by atoms with Crippen LogP contribution in [0.5, 0.6) is 0 Å². The van der Waals surface area contributed by atoms with Gasteiger partial charge in [0.25, 0.3) is 0 Å². The van der Waals surface area contributed by atoms with E-state index in [2.05, 4.69) is 52.9 Å². The molecule has 6 nitrogen and oxygen atoms in total. The second-order valence-corrected chi connectivity index (χ2v) is 11.0. The largest absolute Gasteiger partial charge is 0.478 e. The molecular weight excluding hydrogens is 474 g/mol. The zero-order chi connectivity index (χ0) is 26.3. The quantitative estimate of drug-likeness (QED) is 0.288. The number of hydrogen-bond donors (Lipinski definition) is 2. The third-order valence-corrected chi connectivity index (χ3v) is 8.53. The molecule has 1 aromatic heterocycles. The number of hydrogen-bond acceptors (Lipinski definition) is 3. The van der Waals surface area contributed by atoms with E-state index in [-0.39, 0.29) is 17.2 Å². The molecule has 0 aliphatic heterocycles. The van der Waals surface area contributed by atoms with Gasteiger partial charge in [-0.2, -0.15) is 5.10 Å². The molecule has 6 rings (SSSR count). The number of rotatable bonds is 7. The molecule has 0 radical (unpaired) electrons. The minimum atomic E-state index is -0.994. The predicted octanol–water partition coefficient (Wildman–Crippen LogP) is 6.33. The van der Waals surface area contributed by atoms with Gasteiger partial charge < -0.3 is 10.4 Å². The number of anilines is 1. The number of carbonyl (C=O) groups excluding carboxylic acids is 1. The van der Waals surface area contributed by atoms with E-state index in [1.165, 1.54) is 29.2 Å². The van der Waals surface area contributed by atoms with Gasteiger partial charge in [-0.3, -0.25) is 9.48 Å². The van der Waals surface area contributed by atoms with Crippen LogP contribution in [0.1, 0.15) is 36.8 Å². The van der Waals surface area contributed by atoms with Gasteiger partial charge in [-0.1, -0.05) is 42.5 Å². The first-order chi connectivity index (χ1) is 18.4. The van der Waals surface area contributed by atoms with Crippen molar-refractivity contribution in [1.82, 2.24) is 9.78 Å². The van der Waals surface area contributed by atoms with Crippen molar-refractivity contribution < 1.29 is 14.7 Å². The van der Waals surface area contributed by atoms with Crippen LogP contribution in [0.15, 0.2) is 79.0 Å². The molecule has 2 aliphatic rings. The Morgan fingerprint density at radius 1 is 1.11 bits per heavy atom. The maximum Gasteiger partial charge on any atom is 0.328 e. The fourth-order valence-electron chi connectivity index (χ4n) is 6.72. The SMILES string of the molecule is Cn1ncc2cc(-c3ccc(C[C@@]45CC[C@H](C[C@H]4C(=O)Nc4cccc(/C=C/C(=O)O)c4)C5)cc3)ccc21. The third-order valence-electron chi connectivity index (χ3n) is 8.53. The first-order valence-electron chi connectivity index (χ1n) is 13.2. The number of benzene rings is 3. The molecule has 38 heavy (non-hydrogen) atoms. The van der Waals surface area contributed by atoms with E-state index in [9.17, 15) is 9.59 Å². The maximum atomic E-state index is 13.5. The summed E-state index contributed by atoms with van der Waals surface area (Å²) < 4.78 is 1.89. The van der Waals surface area contributed by atoms with Crippen molar-refractivity contribution in [2.45, 2.75) is 32.1 Å². The fourth-order valence-corrected chi connectivity index (χ4v) is 6.72. The Bertz CT molecular complexity index is 1550. The van der Waals surface area contributed by atoms with Crippen molar-refractivity contribution in [3.63, 3.8) is 0 Å². The second-order valence-electron chi connectivity index (χ2n) is 11.0. The van der Waals surface area contributed by atoms with Gasteiger partial charge in [0, 0.05) is 30.1 Å². The molecule has 6 heteroatoms. The van der Waals surface area contributed by atoms with Crippen LogP contribution < -0.4 is 5.32 Å². The van der Waals surface area contributed by atoms with Crippen molar-refractivity contribution in [3.05, 3.63) is 90.1 Å². The second kappa shape index (κ2) is 9.60. The van der Waals surface area contributed by atoms with E-state index in [0.29, 0.717) is 11.6 Å². The number of carbonyl (C=O) groups is 2. The van der Waals surface area contributed by atoms with Crippen LogP contribution in [-0.4, -0.2) is 26.8 Å². The molecule has 1 heterocycles. The molecule has 0 spiro atoms. The molecule has 2 fully saturated rings. The Balaban J connectivity index is 1.18. The summed E-state index contributed by atoms with van der Waals surface area (Å²) in [6.45, 7) is 0. The molecule has 3 atom stereocenters. The summed E-state index contributed by atoms with van der Waals surface area (Å²) in [6, 6.07) is 22.6. The monoisotopic (exact) mass is 505 g/mol. The van der Waals surface area contributed by atoms with Gasteiger partial charge in [0.1, 0.15) is 0 Å². The van der Waals surface area contributed by atoms with Gasteiger partial charge in [-0.15, -0.1) is 0 Å². The summed E-state index contributed by atoms with van der Waals surface area (Å²) in [5, 5.41) is 17.5. The predicted molar refractivity (Wildman–Crippen MR) is 149 cm³/mol. The topological polar surface area (TPSA) is 84.2 Å². The molecule has 3 aromatic carbocycles. The molecule has 0 unspecified atom stereocenters. The summed E-state index contributed by atoms with van der Waals surface area (Å²) in [6.07, 6.45) is 9.77. The smallest absolute Gasteiger partial charge is 0.328 e. The summed E-state index contributed by atoms with van der Waals surface area (Å²) in [5.74, 6) is -0.327. The van der Waals surface area contributed by atoms with E-state index in [1.807, 2.05) is 42.2 Å². The van der Waals surface area contributed by atoms with Gasteiger partial charge in [-0.25, -0.2) is 4.79 Å². The first kappa shape index (κ1) is 24.2. The van der Waals surface area contributed by atoms with E-state index < -0.39 is 5.97 Å². The third kappa shape index (κ3) is 4.62. The number of aliphatic carboxylic acids is 1. The van der Waals surface area contributed by atoms with Gasteiger partial charge in [0.2, 0.25) is 5.91 Å². The minimum Gasteiger partial charge on any atom is -0.478 e. The molecule has 2 N–H and O–H groups in total. The van der Waals surface area contributed by atoms with Crippen LogP contribution in [0.3, 0.4) is 0 Å². The molecule has 1 amide bonds. The molecule has 192 valence electrons. The van der Waals surface area contributed by atoms with Crippen molar-refractivity contribution in [2.24, 2.45) is 24.3 Å². The highest BCUT2D eigenvalue weighted by Crippen LogP contribution is 2.59. The maximum absolute atomic E-state index is 13.5. The minimum absolute atomic E-state index is 0.00823. The van der Waals surface area contributed by atoms with Gasteiger partial charge in [-0.05, 0) is 96.0 Å². The van der Waals surface area contributed by atoms with Crippen molar-refractivity contribution >= 4 is 34.5 Å². The van der Waals surface area contributed by atoms with E-state index in [0.717, 1.165) is 48.2 Å². The Labute approximate surface area is 222 Å². The van der Waals surface area contributed by atoms with Gasteiger partial charge >= 0.3 is 5.97 Å². The zero-order valence-corrected chi connectivity index (χ0v) is 21.4. The normalized spacial score (nSPS) is 22.3. The van der Waals surface area contributed by atoms with Crippen LogP contribution in [0, 0.1) is 17.3 Å². The van der Waals surface area contributed by atoms with Crippen LogP contribution in [0.4, 0.5) is 5.69 Å². The van der Waals surface area contributed by atoms with Crippen molar-refractivity contribution in [3.8, 4) is 11.1 Å². The van der Waals surface area contributed by atoms with Gasteiger partial charge in [0.05, 0.1) is 11.7 Å². The molecule has 0 saturated heterocycles. The lowest BCUT2D eigenvalue weighted by molar-refractivity contribution is -0.131. The number of fused-ring (bicyclic) bond motifs is 3. The molecule has 4 aromatic rings. The van der Waals surface area contributed by atoms with Crippen LogP contribution >= 0.6 is 0 Å². The number of aromatic nitrogens is 2. The number of aryl methyl sites for hydroxylation is 1. The van der Waals surface area contributed by atoms with Gasteiger partial charge in [0.15, 0.2) is 0 Å². The molecule has 2 aliphatic carbocycles. The fraction of sp³-hybridized carbons (Fsp3) is 0.281. The number of amides is 1. The highest BCUT2D eigenvalue weighted by molar-refractivity contribution is 5.94. The van der Waals surface area contributed by atoms with Crippen LogP contribution in [0.25, 0.3) is 28.1 Å². The molecule has 2 bridgehead atoms. The van der Waals surface area contributed by atoms with Crippen molar-refractivity contribution in [2.75, 3.05) is 5.32 Å². The Morgan fingerprint density at radius 3 is 2.71 bits per heavy atom. The highest BCUT2D eigenvalue weighted by Gasteiger charge is 2.54. The summed E-state index contributed by atoms with van der Waals surface area (Å²) in [7, 11) is 1.96. The standard InChI is InChI=1S/C32H31N3O3/c1-35-29-11-10-25(17-26(29)20-33-35)24-8-5-22(6-9-24)18-32-14-13-23(19-32)16-28(32)31(38)34-27-4-2-3-21(15-27)7-12-30(36)37/h2-12,15,17,20,23,28H,13-14,16,18-19H2,1H3,(H,34,38)(H,36,37)/b12-7+/t23-,28+,32-/m1/s1. The lowest BCUT2D eigenvalue weighted by Crippen LogP contribution is -2.37. The Hall–Kier alpha value is -4.19. The number of nitrogens with zero attached hydrogens (tertiary/aromatic N) is 2. The highest BCUT2D eigenvalue weighted by atomic mass is 16.4. The molecular formula is C32H31N3O3. The van der Waals surface area contributed by atoms with E-state index in [1.54, 1.807) is 0 Å². The lowest BCUT2D eigenvalue weighted by atomic mass is 9.70. The molecule has 2 saturated carbocycles. The summed E-state index contributed by atoms with van der Waals surface area (Å²) in [5.41, 5.74) is 6.19. The Morgan fingerprint density at radius 2 is 1.92 bits per heavy atom. The number of nitrogens with one attached hydrogen (secondary N) is 1. The average Bonchev–Trinajstić information content (AvgIpc) is 3.61. The van der Waals surface area contributed by atoms with Crippen LogP contribution in [-0.2, 0) is 23.1 Å². The average molecular weight is 506 g/mol. The summed E-state index contributed by atoms with van der Waals surface area (Å²) >= 11 is 0. The van der Waals surface area contributed by atoms with E-state index in [4.69, 9.17) is 5.11 Å². The zero-order valence-electron chi connectivity index (χ0n) is 21.4. The number of carboxylic acid groups (broad SMARTS) is 1. The van der Waals surface area contributed by atoms with E-state index >= 15 is 0 Å². The first-order valence-corrected chi connectivity index (χ1v) is 13.2. The number of carboxylic acids is 1.